The van der Waals surface area contributed by atoms with E-state index in [1.54, 1.807) is 4.90 Å². The maximum atomic E-state index is 12.1. The van der Waals surface area contributed by atoms with Crippen molar-refractivity contribution in [1.82, 2.24) is 10.2 Å². The molecule has 2 amide bonds. The van der Waals surface area contributed by atoms with Crippen molar-refractivity contribution >= 4 is 12.0 Å². The van der Waals surface area contributed by atoms with Gasteiger partial charge in [-0.2, -0.15) is 0 Å². The van der Waals surface area contributed by atoms with Gasteiger partial charge >= 0.3 is 12.0 Å². The minimum absolute atomic E-state index is 0.0571. The van der Waals surface area contributed by atoms with Crippen LogP contribution in [-0.2, 0) is 4.79 Å². The molecule has 0 radical (unpaired) electrons. The quantitative estimate of drug-likeness (QED) is 0.619. The van der Waals surface area contributed by atoms with Gasteiger partial charge in [0.15, 0.2) is 0 Å². The first kappa shape index (κ1) is 15.8. The zero-order valence-corrected chi connectivity index (χ0v) is 11.5. The number of carbonyl (C=O) groups is 2. The molecule has 0 saturated heterocycles. The third-order valence-electron chi connectivity index (χ3n) is 3.49. The largest absolute Gasteiger partial charge is 0.481 e. The van der Waals surface area contributed by atoms with Gasteiger partial charge in [-0.1, -0.05) is 0 Å². The third-order valence-corrected chi connectivity index (χ3v) is 3.49. The monoisotopic (exact) mass is 272 g/mol. The van der Waals surface area contributed by atoms with Crippen LogP contribution in [0.15, 0.2) is 0 Å². The number of carboxylic acid groups (broad SMARTS) is 1. The molecule has 0 spiro atoms. The van der Waals surface area contributed by atoms with Gasteiger partial charge in [0, 0.05) is 31.7 Å². The fourth-order valence-electron chi connectivity index (χ4n) is 2.10. The van der Waals surface area contributed by atoms with Crippen LogP contribution < -0.4 is 5.32 Å². The van der Waals surface area contributed by atoms with E-state index in [1.165, 1.54) is 0 Å². The van der Waals surface area contributed by atoms with Crippen LogP contribution in [0, 0.1) is 0 Å². The summed E-state index contributed by atoms with van der Waals surface area (Å²) in [6.45, 7) is 2.44. The Kier molecular flexibility index (Phi) is 6.62. The Labute approximate surface area is 113 Å². The summed E-state index contributed by atoms with van der Waals surface area (Å²) in [4.78, 5) is 24.4. The number of hydrogen-bond acceptors (Lipinski definition) is 3. The van der Waals surface area contributed by atoms with Gasteiger partial charge in [-0.05, 0) is 39.0 Å². The van der Waals surface area contributed by atoms with Crippen LogP contribution in [0.3, 0.4) is 0 Å². The number of aliphatic hydroxyl groups is 1. The number of carboxylic acids is 1. The Balaban J connectivity index is 2.39. The SMILES string of the molecule is CC(CCC(=O)O)NC(=O)N(CCCO)C1CCC1. The molecule has 6 nitrogen and oxygen atoms in total. The lowest BCUT2D eigenvalue weighted by Gasteiger charge is -2.38. The van der Waals surface area contributed by atoms with Crippen molar-refractivity contribution in [3.05, 3.63) is 0 Å². The molecule has 1 aliphatic carbocycles. The Bertz CT molecular complexity index is 305. The smallest absolute Gasteiger partial charge is 0.317 e. The van der Waals surface area contributed by atoms with E-state index in [1.807, 2.05) is 6.92 Å². The van der Waals surface area contributed by atoms with Crippen molar-refractivity contribution in [1.29, 1.82) is 0 Å². The van der Waals surface area contributed by atoms with E-state index < -0.39 is 5.97 Å². The van der Waals surface area contributed by atoms with Crippen LogP contribution in [0.5, 0.6) is 0 Å². The molecule has 1 fully saturated rings. The molecule has 0 aromatic heterocycles. The standard InChI is InChI=1S/C13H24N2O4/c1-10(6-7-12(17)18)14-13(19)15(8-3-9-16)11-4-2-5-11/h10-11,16H,2-9H2,1H3,(H,14,19)(H,17,18). The summed E-state index contributed by atoms with van der Waals surface area (Å²) in [5.41, 5.74) is 0. The van der Waals surface area contributed by atoms with E-state index in [0.29, 0.717) is 19.4 Å². The lowest BCUT2D eigenvalue weighted by atomic mass is 9.91. The molecule has 110 valence electrons. The highest BCUT2D eigenvalue weighted by molar-refractivity contribution is 5.75. The molecule has 3 N–H and O–H groups in total. The lowest BCUT2D eigenvalue weighted by molar-refractivity contribution is -0.137. The third kappa shape index (κ3) is 5.46. The summed E-state index contributed by atoms with van der Waals surface area (Å²) in [6, 6.07) is -0.0189. The average molecular weight is 272 g/mol. The second-order valence-corrected chi connectivity index (χ2v) is 5.14. The molecule has 0 aromatic carbocycles. The summed E-state index contributed by atoms with van der Waals surface area (Å²) in [7, 11) is 0. The van der Waals surface area contributed by atoms with Crippen LogP contribution in [0.4, 0.5) is 4.79 Å². The van der Waals surface area contributed by atoms with Crippen molar-refractivity contribution in [2.24, 2.45) is 0 Å². The highest BCUT2D eigenvalue weighted by Gasteiger charge is 2.28. The first-order chi connectivity index (χ1) is 9.04. The van der Waals surface area contributed by atoms with Crippen LogP contribution in [0.25, 0.3) is 0 Å². The van der Waals surface area contributed by atoms with Crippen molar-refractivity contribution < 1.29 is 19.8 Å². The number of nitrogens with one attached hydrogen (secondary N) is 1. The Hall–Kier alpha value is -1.30. The normalized spacial score (nSPS) is 16.5. The number of aliphatic carboxylic acids is 1. The minimum atomic E-state index is -0.850. The van der Waals surface area contributed by atoms with Gasteiger partial charge in [-0.25, -0.2) is 4.79 Å². The van der Waals surface area contributed by atoms with Gasteiger partial charge in [0.25, 0.3) is 0 Å². The number of aliphatic hydroxyl groups excluding tert-OH is 1. The van der Waals surface area contributed by atoms with E-state index in [0.717, 1.165) is 19.3 Å². The van der Waals surface area contributed by atoms with Crippen molar-refractivity contribution in [2.45, 2.75) is 57.5 Å². The molecule has 1 rings (SSSR count). The van der Waals surface area contributed by atoms with Crippen molar-refractivity contribution in [2.75, 3.05) is 13.2 Å². The van der Waals surface area contributed by atoms with Crippen LogP contribution in [-0.4, -0.2) is 52.3 Å². The molecule has 1 aliphatic rings. The highest BCUT2D eigenvalue weighted by atomic mass is 16.4. The second-order valence-electron chi connectivity index (χ2n) is 5.14. The second kappa shape index (κ2) is 7.99. The number of carbonyl (C=O) groups excluding carboxylic acids is 1. The summed E-state index contributed by atoms with van der Waals surface area (Å²) in [6.07, 6.45) is 4.24. The number of nitrogens with zero attached hydrogens (tertiary/aromatic N) is 1. The minimum Gasteiger partial charge on any atom is -0.481 e. The zero-order chi connectivity index (χ0) is 14.3. The van der Waals surface area contributed by atoms with Gasteiger partial charge in [0.05, 0.1) is 0 Å². The van der Waals surface area contributed by atoms with E-state index in [9.17, 15) is 9.59 Å². The average Bonchev–Trinajstić information content (AvgIpc) is 2.29. The summed E-state index contributed by atoms with van der Waals surface area (Å²) in [5, 5.41) is 20.3. The molecule has 6 heteroatoms. The van der Waals surface area contributed by atoms with E-state index in [2.05, 4.69) is 5.32 Å². The van der Waals surface area contributed by atoms with Crippen LogP contribution >= 0.6 is 0 Å². The Morgan fingerprint density at radius 1 is 1.42 bits per heavy atom. The summed E-state index contributed by atoms with van der Waals surface area (Å²) < 4.78 is 0. The predicted molar refractivity (Wildman–Crippen MR) is 70.9 cm³/mol. The number of urea groups is 1. The fourth-order valence-corrected chi connectivity index (χ4v) is 2.10. The summed E-state index contributed by atoms with van der Waals surface area (Å²) >= 11 is 0. The molecular weight excluding hydrogens is 248 g/mol. The molecule has 0 heterocycles. The van der Waals surface area contributed by atoms with Crippen LogP contribution in [0.1, 0.15) is 45.4 Å². The van der Waals surface area contributed by atoms with E-state index >= 15 is 0 Å². The van der Waals surface area contributed by atoms with E-state index in [4.69, 9.17) is 10.2 Å². The first-order valence-electron chi connectivity index (χ1n) is 6.94. The van der Waals surface area contributed by atoms with E-state index in [-0.39, 0.29) is 31.1 Å². The molecule has 0 bridgehead atoms. The molecular formula is C13H24N2O4. The maximum Gasteiger partial charge on any atom is 0.317 e. The zero-order valence-electron chi connectivity index (χ0n) is 11.5. The van der Waals surface area contributed by atoms with Crippen molar-refractivity contribution in [3.8, 4) is 0 Å². The molecule has 1 saturated carbocycles. The predicted octanol–water partition coefficient (Wildman–Crippen LogP) is 1.19. The topological polar surface area (TPSA) is 89.9 Å². The maximum absolute atomic E-state index is 12.1. The lowest BCUT2D eigenvalue weighted by Crippen LogP contribution is -2.51. The van der Waals surface area contributed by atoms with Crippen LogP contribution in [0.2, 0.25) is 0 Å². The Morgan fingerprint density at radius 3 is 2.58 bits per heavy atom. The van der Waals surface area contributed by atoms with Crippen molar-refractivity contribution in [3.63, 3.8) is 0 Å². The van der Waals surface area contributed by atoms with Gasteiger partial charge < -0.3 is 20.4 Å². The number of hydrogen-bond donors (Lipinski definition) is 3. The molecule has 1 unspecified atom stereocenters. The molecule has 1 atom stereocenters. The van der Waals surface area contributed by atoms with Gasteiger partial charge in [-0.15, -0.1) is 0 Å². The fraction of sp³-hybridized carbons (Fsp3) is 0.846. The number of rotatable bonds is 8. The summed E-state index contributed by atoms with van der Waals surface area (Å²) in [5.74, 6) is -0.850. The number of amides is 2. The van der Waals surface area contributed by atoms with Gasteiger partial charge in [0.1, 0.15) is 0 Å². The van der Waals surface area contributed by atoms with Gasteiger partial charge in [0.2, 0.25) is 0 Å². The molecule has 19 heavy (non-hydrogen) atoms. The first-order valence-corrected chi connectivity index (χ1v) is 6.94. The highest BCUT2D eigenvalue weighted by Crippen LogP contribution is 2.25. The Morgan fingerprint density at radius 2 is 2.11 bits per heavy atom. The van der Waals surface area contributed by atoms with Gasteiger partial charge in [-0.3, -0.25) is 4.79 Å². The molecule has 0 aliphatic heterocycles. The molecule has 0 aromatic rings.